The molecule has 0 radical (unpaired) electrons. The zero-order chi connectivity index (χ0) is 28.8. The van der Waals surface area contributed by atoms with Gasteiger partial charge in [-0.25, -0.2) is 4.98 Å². The lowest BCUT2D eigenvalue weighted by Crippen LogP contribution is -2.48. The summed E-state index contributed by atoms with van der Waals surface area (Å²) in [5.41, 5.74) is 3.48. The number of hydrogen-bond donors (Lipinski definition) is 3. The maximum Gasteiger partial charge on any atom is 0.423 e. The molecule has 0 bridgehead atoms. The molecule has 0 unspecified atom stereocenters. The van der Waals surface area contributed by atoms with Crippen LogP contribution in [0.1, 0.15) is 31.9 Å². The Labute approximate surface area is 237 Å². The molecule has 12 heteroatoms. The van der Waals surface area contributed by atoms with Crippen LogP contribution in [0.5, 0.6) is 5.88 Å². The highest BCUT2D eigenvalue weighted by Gasteiger charge is 2.45. The van der Waals surface area contributed by atoms with Gasteiger partial charge >= 0.3 is 6.18 Å². The van der Waals surface area contributed by atoms with Crippen molar-refractivity contribution in [2.45, 2.75) is 44.2 Å². The predicted octanol–water partition coefficient (Wildman–Crippen LogP) is 6.75. The molecule has 2 aromatic heterocycles. The lowest BCUT2D eigenvalue weighted by Gasteiger charge is -2.38. The minimum Gasteiger partial charge on any atom is -0.471 e. The Bertz CT molecular complexity index is 1560. The molecule has 0 saturated heterocycles. The van der Waals surface area contributed by atoms with Crippen LogP contribution in [0.2, 0.25) is 10.0 Å². The number of halogens is 5. The quantitative estimate of drug-likeness (QED) is 0.238. The first kappa shape index (κ1) is 27.9. The Morgan fingerprint density at radius 3 is 2.42 bits per heavy atom. The van der Waals surface area contributed by atoms with E-state index in [0.717, 1.165) is 11.1 Å². The van der Waals surface area contributed by atoms with Gasteiger partial charge in [0.1, 0.15) is 5.60 Å². The maximum atomic E-state index is 13.0. The molecule has 40 heavy (non-hydrogen) atoms. The summed E-state index contributed by atoms with van der Waals surface area (Å²) in [6, 6.07) is 13.2. The molecule has 4 aromatic rings. The third-order valence-electron chi connectivity index (χ3n) is 6.55. The van der Waals surface area contributed by atoms with Crippen molar-refractivity contribution in [2.24, 2.45) is 0 Å². The lowest BCUT2D eigenvalue weighted by atomic mass is 9.88. The first-order chi connectivity index (χ1) is 18.8. The fourth-order valence-electron chi connectivity index (χ4n) is 4.63. The van der Waals surface area contributed by atoms with Gasteiger partial charge in [0.15, 0.2) is 0 Å². The van der Waals surface area contributed by atoms with Crippen LogP contribution < -0.4 is 10.1 Å². The second-order valence-electron chi connectivity index (χ2n) is 10.0. The molecule has 1 aliphatic rings. The highest BCUT2D eigenvalue weighted by Crippen LogP contribution is 2.45. The number of hydrogen-bond acceptors (Lipinski definition) is 5. The number of amides is 1. The standard InChI is InChI=1S/C28H23Cl2F3N4O3/c1-27(2)11-22(36-25(39)24(38)28(31,32)33)20-10-19(14-3-6-17(29)7-4-14)23(37-26(20)40-27)18-8-5-15(9-21(18)30)16-12-34-35-13-16/h3-10,12-13,22,24,38H,11H2,1-2H3,(H,34,35)(H,36,39)/t22-,24+/m1/s1. The van der Waals surface area contributed by atoms with Crippen molar-refractivity contribution in [1.29, 1.82) is 0 Å². The van der Waals surface area contributed by atoms with Crippen LogP contribution in [0, 0.1) is 0 Å². The molecule has 7 nitrogen and oxygen atoms in total. The number of aromatic amines is 1. The van der Waals surface area contributed by atoms with Gasteiger partial charge in [-0.05, 0) is 49.2 Å². The summed E-state index contributed by atoms with van der Waals surface area (Å²) in [7, 11) is 0. The van der Waals surface area contributed by atoms with Crippen molar-refractivity contribution in [3.8, 4) is 39.4 Å². The largest absolute Gasteiger partial charge is 0.471 e. The molecule has 0 spiro atoms. The highest BCUT2D eigenvalue weighted by atomic mass is 35.5. The second kappa shape index (κ2) is 10.4. The van der Waals surface area contributed by atoms with E-state index < -0.39 is 29.8 Å². The molecule has 2 aromatic carbocycles. The molecule has 0 fully saturated rings. The Morgan fingerprint density at radius 1 is 1.10 bits per heavy atom. The smallest absolute Gasteiger partial charge is 0.423 e. The lowest BCUT2D eigenvalue weighted by molar-refractivity contribution is -0.205. The predicted molar refractivity (Wildman–Crippen MR) is 145 cm³/mol. The van der Waals surface area contributed by atoms with Gasteiger partial charge < -0.3 is 15.2 Å². The first-order valence-corrected chi connectivity index (χ1v) is 12.9. The van der Waals surface area contributed by atoms with Crippen molar-refractivity contribution < 1.29 is 27.8 Å². The van der Waals surface area contributed by atoms with Crippen LogP contribution >= 0.6 is 23.2 Å². The third kappa shape index (κ3) is 5.65. The normalized spacial score (nSPS) is 17.1. The second-order valence-corrected chi connectivity index (χ2v) is 10.9. The van der Waals surface area contributed by atoms with Gasteiger partial charge in [0.25, 0.3) is 5.91 Å². The average Bonchev–Trinajstić information content (AvgIpc) is 3.42. The van der Waals surface area contributed by atoms with Crippen LogP contribution in [0.25, 0.3) is 33.5 Å². The molecule has 0 aliphatic carbocycles. The van der Waals surface area contributed by atoms with Gasteiger partial charge in [-0.1, -0.05) is 47.5 Å². The highest BCUT2D eigenvalue weighted by molar-refractivity contribution is 6.33. The zero-order valence-corrected chi connectivity index (χ0v) is 22.7. The number of aliphatic hydroxyl groups is 1. The first-order valence-electron chi connectivity index (χ1n) is 12.2. The summed E-state index contributed by atoms with van der Waals surface area (Å²) < 4.78 is 45.3. The SMILES string of the molecule is CC1(C)C[C@@H](NC(=O)[C@H](O)C(F)(F)F)c2cc(-c3ccc(Cl)cc3)c(-c3ccc(-c4cn[nH]c4)cc3Cl)nc2O1. The number of carbonyl (C=O) groups excluding carboxylic acids is 1. The maximum absolute atomic E-state index is 13.0. The molecule has 0 saturated carbocycles. The van der Waals surface area contributed by atoms with Crippen molar-refractivity contribution in [1.82, 2.24) is 20.5 Å². The number of aliphatic hydroxyl groups excluding tert-OH is 1. The number of rotatable bonds is 5. The molecule has 5 rings (SSSR count). The van der Waals surface area contributed by atoms with Gasteiger partial charge in [0.05, 0.1) is 23.0 Å². The van der Waals surface area contributed by atoms with Crippen molar-refractivity contribution in [3.63, 3.8) is 0 Å². The molecular formula is C28H23Cl2F3N4O3. The van der Waals surface area contributed by atoms with E-state index in [1.54, 1.807) is 62.6 Å². The molecule has 208 valence electrons. The van der Waals surface area contributed by atoms with Crippen molar-refractivity contribution in [2.75, 3.05) is 0 Å². The third-order valence-corrected chi connectivity index (χ3v) is 7.11. The Hall–Kier alpha value is -3.60. The molecule has 1 amide bonds. The monoisotopic (exact) mass is 590 g/mol. The minimum atomic E-state index is -5.11. The minimum absolute atomic E-state index is 0.130. The topological polar surface area (TPSA) is 100 Å². The Balaban J connectivity index is 1.65. The van der Waals surface area contributed by atoms with E-state index >= 15 is 0 Å². The fraction of sp³-hybridized carbons (Fsp3) is 0.250. The van der Waals surface area contributed by atoms with Gasteiger partial charge in [-0.3, -0.25) is 9.89 Å². The number of aromatic nitrogens is 3. The number of H-pyrrole nitrogens is 1. The van der Waals surface area contributed by atoms with Crippen molar-refractivity contribution >= 4 is 29.1 Å². The van der Waals surface area contributed by atoms with E-state index in [1.165, 1.54) is 0 Å². The number of nitrogens with one attached hydrogen (secondary N) is 2. The van der Waals surface area contributed by atoms with Crippen LogP contribution in [0.3, 0.4) is 0 Å². The summed E-state index contributed by atoms with van der Waals surface area (Å²) in [6.45, 7) is 3.47. The van der Waals surface area contributed by atoms with E-state index in [2.05, 4.69) is 15.5 Å². The summed E-state index contributed by atoms with van der Waals surface area (Å²) in [5, 5.41) is 19.5. The van der Waals surface area contributed by atoms with Crippen LogP contribution in [-0.2, 0) is 4.79 Å². The van der Waals surface area contributed by atoms with Crippen LogP contribution in [0.15, 0.2) is 60.9 Å². The number of ether oxygens (including phenoxy) is 1. The van der Waals surface area contributed by atoms with Gasteiger partial charge in [-0.2, -0.15) is 18.3 Å². The Morgan fingerprint density at radius 2 is 1.80 bits per heavy atom. The number of nitrogens with zero attached hydrogens (tertiary/aromatic N) is 2. The number of pyridine rings is 1. The van der Waals surface area contributed by atoms with Crippen LogP contribution in [-0.4, -0.2) is 44.1 Å². The molecule has 3 N–H and O–H groups in total. The van der Waals surface area contributed by atoms with E-state index in [1.807, 2.05) is 12.1 Å². The average molecular weight is 591 g/mol. The summed E-state index contributed by atoms with van der Waals surface area (Å²) in [4.78, 5) is 17.1. The van der Waals surface area contributed by atoms with E-state index in [4.69, 9.17) is 32.9 Å². The summed E-state index contributed by atoms with van der Waals surface area (Å²) in [5.74, 6) is -1.43. The number of fused-ring (bicyclic) bond motifs is 1. The molecule has 3 heterocycles. The number of alkyl halides is 3. The fourth-order valence-corrected chi connectivity index (χ4v) is 5.02. The summed E-state index contributed by atoms with van der Waals surface area (Å²) in [6.07, 6.45) is -4.73. The van der Waals surface area contributed by atoms with Gasteiger partial charge in [-0.15, -0.1) is 0 Å². The van der Waals surface area contributed by atoms with E-state index in [0.29, 0.717) is 38.0 Å². The molecule has 1 aliphatic heterocycles. The van der Waals surface area contributed by atoms with Gasteiger partial charge in [0, 0.05) is 39.9 Å². The summed E-state index contributed by atoms with van der Waals surface area (Å²) >= 11 is 12.9. The zero-order valence-electron chi connectivity index (χ0n) is 21.2. The van der Waals surface area contributed by atoms with E-state index in [-0.39, 0.29) is 12.3 Å². The van der Waals surface area contributed by atoms with E-state index in [9.17, 15) is 23.1 Å². The number of carbonyl (C=O) groups is 1. The Kier molecular flexibility index (Phi) is 7.28. The van der Waals surface area contributed by atoms with Gasteiger partial charge in [0.2, 0.25) is 12.0 Å². The molecular weight excluding hydrogens is 568 g/mol. The van der Waals surface area contributed by atoms with Crippen LogP contribution in [0.4, 0.5) is 13.2 Å². The van der Waals surface area contributed by atoms with Crippen molar-refractivity contribution in [3.05, 3.63) is 76.5 Å². The number of benzene rings is 2. The molecule has 2 atom stereocenters.